The molecule has 1 amide bonds. The minimum Gasteiger partial charge on any atom is -0.478 e. The van der Waals surface area contributed by atoms with Gasteiger partial charge in [-0.3, -0.25) is 4.79 Å². The Morgan fingerprint density at radius 1 is 1.64 bits per heavy atom. The lowest BCUT2D eigenvalue weighted by molar-refractivity contribution is -0.114. The molecule has 0 unspecified atom stereocenters. The van der Waals surface area contributed by atoms with E-state index in [1.807, 2.05) is 6.92 Å². The Hall–Kier alpha value is -1.62. The molecule has 3 N–H and O–H groups in total. The average Bonchev–Trinajstić information content (AvgIpc) is 2.21. The van der Waals surface area contributed by atoms with E-state index in [1.165, 1.54) is 6.20 Å². The van der Waals surface area contributed by atoms with Crippen LogP contribution in [-0.4, -0.2) is 24.0 Å². The maximum atomic E-state index is 10.9. The molecule has 0 fully saturated rings. The van der Waals surface area contributed by atoms with E-state index in [9.17, 15) is 4.79 Å². The van der Waals surface area contributed by atoms with Crippen LogP contribution in [0.3, 0.4) is 0 Å². The Balaban J connectivity index is 2.59. The molecular formula is C9H13N3O2. The number of hydrogen-bond acceptors (Lipinski definition) is 4. The SMILES string of the molecule is CCOc1ccc(NC(=O)CN)cn1. The van der Waals surface area contributed by atoms with Gasteiger partial charge >= 0.3 is 0 Å². The third kappa shape index (κ3) is 3.02. The minimum absolute atomic E-state index is 0.0345. The molecule has 0 aliphatic rings. The molecular weight excluding hydrogens is 182 g/mol. The van der Waals surface area contributed by atoms with Crippen LogP contribution in [-0.2, 0) is 4.79 Å². The molecule has 0 saturated carbocycles. The van der Waals surface area contributed by atoms with Crippen molar-refractivity contribution >= 4 is 11.6 Å². The molecule has 1 rings (SSSR count). The van der Waals surface area contributed by atoms with E-state index in [1.54, 1.807) is 12.1 Å². The lowest BCUT2D eigenvalue weighted by atomic mass is 10.4. The molecule has 1 heterocycles. The summed E-state index contributed by atoms with van der Waals surface area (Å²) in [4.78, 5) is 14.9. The summed E-state index contributed by atoms with van der Waals surface area (Å²) in [5.74, 6) is 0.300. The number of nitrogens with one attached hydrogen (secondary N) is 1. The fourth-order valence-electron chi connectivity index (χ4n) is 0.900. The molecule has 0 saturated heterocycles. The average molecular weight is 195 g/mol. The number of rotatable bonds is 4. The van der Waals surface area contributed by atoms with Crippen LogP contribution < -0.4 is 15.8 Å². The second-order valence-electron chi connectivity index (χ2n) is 2.57. The first kappa shape index (κ1) is 10.5. The molecule has 1 aromatic rings. The number of pyridine rings is 1. The van der Waals surface area contributed by atoms with Gasteiger partial charge in [-0.15, -0.1) is 0 Å². The normalized spacial score (nSPS) is 9.57. The van der Waals surface area contributed by atoms with Crippen LogP contribution in [0.4, 0.5) is 5.69 Å². The standard InChI is InChI=1S/C9H13N3O2/c1-2-14-9-4-3-7(6-11-9)12-8(13)5-10/h3-4,6H,2,5,10H2,1H3,(H,12,13). The molecule has 5 nitrogen and oxygen atoms in total. The first-order valence-electron chi connectivity index (χ1n) is 4.35. The molecule has 0 aliphatic carbocycles. The van der Waals surface area contributed by atoms with Crippen molar-refractivity contribution in [1.29, 1.82) is 0 Å². The van der Waals surface area contributed by atoms with Gasteiger partial charge in [-0.1, -0.05) is 0 Å². The van der Waals surface area contributed by atoms with Crippen molar-refractivity contribution in [1.82, 2.24) is 4.98 Å². The number of anilines is 1. The van der Waals surface area contributed by atoms with Gasteiger partial charge in [0.1, 0.15) is 0 Å². The maximum Gasteiger partial charge on any atom is 0.238 e. The van der Waals surface area contributed by atoms with Gasteiger partial charge in [0, 0.05) is 6.07 Å². The number of carbonyl (C=O) groups is 1. The van der Waals surface area contributed by atoms with Crippen molar-refractivity contribution in [2.75, 3.05) is 18.5 Å². The lowest BCUT2D eigenvalue weighted by Crippen LogP contribution is -2.21. The summed E-state index contributed by atoms with van der Waals surface area (Å²) >= 11 is 0. The van der Waals surface area contributed by atoms with Crippen molar-refractivity contribution in [3.05, 3.63) is 18.3 Å². The molecule has 76 valence electrons. The second-order valence-corrected chi connectivity index (χ2v) is 2.57. The van der Waals surface area contributed by atoms with Crippen LogP contribution in [0.25, 0.3) is 0 Å². The number of ether oxygens (including phenoxy) is 1. The zero-order valence-corrected chi connectivity index (χ0v) is 7.99. The second kappa shape index (κ2) is 5.18. The van der Waals surface area contributed by atoms with E-state index in [2.05, 4.69) is 10.3 Å². The third-order valence-corrected chi connectivity index (χ3v) is 1.50. The summed E-state index contributed by atoms with van der Waals surface area (Å²) in [6, 6.07) is 3.40. The summed E-state index contributed by atoms with van der Waals surface area (Å²) in [5.41, 5.74) is 5.76. The number of carbonyl (C=O) groups excluding carboxylic acids is 1. The van der Waals surface area contributed by atoms with Crippen molar-refractivity contribution in [2.24, 2.45) is 5.73 Å². The monoisotopic (exact) mass is 195 g/mol. The van der Waals surface area contributed by atoms with Gasteiger partial charge in [-0.05, 0) is 13.0 Å². The summed E-state index contributed by atoms with van der Waals surface area (Å²) in [7, 11) is 0. The Bertz CT molecular complexity index is 297. The summed E-state index contributed by atoms with van der Waals surface area (Å²) in [6.45, 7) is 2.42. The van der Waals surface area contributed by atoms with Crippen LogP contribution in [0.5, 0.6) is 5.88 Å². The van der Waals surface area contributed by atoms with Crippen LogP contribution in [0.15, 0.2) is 18.3 Å². The van der Waals surface area contributed by atoms with Crippen molar-refractivity contribution in [3.63, 3.8) is 0 Å². The van der Waals surface area contributed by atoms with Crippen LogP contribution in [0, 0.1) is 0 Å². The van der Waals surface area contributed by atoms with Gasteiger partial charge in [0.05, 0.1) is 25.0 Å². The topological polar surface area (TPSA) is 77.2 Å². The highest BCUT2D eigenvalue weighted by Crippen LogP contribution is 2.10. The van der Waals surface area contributed by atoms with Gasteiger partial charge < -0.3 is 15.8 Å². The van der Waals surface area contributed by atoms with Crippen molar-refractivity contribution in [3.8, 4) is 5.88 Å². The number of aromatic nitrogens is 1. The van der Waals surface area contributed by atoms with E-state index in [0.29, 0.717) is 18.2 Å². The number of amides is 1. The van der Waals surface area contributed by atoms with Gasteiger partial charge in [0.15, 0.2) is 0 Å². The summed E-state index contributed by atoms with van der Waals surface area (Å²) in [5, 5.41) is 2.58. The van der Waals surface area contributed by atoms with Gasteiger partial charge in [-0.2, -0.15) is 0 Å². The Morgan fingerprint density at radius 3 is 2.93 bits per heavy atom. The molecule has 5 heteroatoms. The molecule has 1 aromatic heterocycles. The first-order chi connectivity index (χ1) is 6.76. The third-order valence-electron chi connectivity index (χ3n) is 1.50. The van der Waals surface area contributed by atoms with Gasteiger partial charge in [-0.25, -0.2) is 4.98 Å². The fourth-order valence-corrected chi connectivity index (χ4v) is 0.900. The maximum absolute atomic E-state index is 10.9. The molecule has 0 bridgehead atoms. The predicted octanol–water partition coefficient (Wildman–Crippen LogP) is 0.377. The molecule has 0 atom stereocenters. The van der Waals surface area contributed by atoms with E-state index < -0.39 is 0 Å². The molecule has 14 heavy (non-hydrogen) atoms. The Labute approximate surface area is 82.3 Å². The zero-order chi connectivity index (χ0) is 10.4. The van der Waals surface area contributed by atoms with Gasteiger partial charge in [0.25, 0.3) is 0 Å². The van der Waals surface area contributed by atoms with Crippen LogP contribution in [0.2, 0.25) is 0 Å². The quantitative estimate of drug-likeness (QED) is 0.728. The van der Waals surface area contributed by atoms with Crippen LogP contribution in [0.1, 0.15) is 6.92 Å². The number of nitrogens with zero attached hydrogens (tertiary/aromatic N) is 1. The Morgan fingerprint density at radius 2 is 2.43 bits per heavy atom. The number of hydrogen-bond donors (Lipinski definition) is 2. The first-order valence-corrected chi connectivity index (χ1v) is 4.35. The van der Waals surface area contributed by atoms with E-state index >= 15 is 0 Å². The highest BCUT2D eigenvalue weighted by atomic mass is 16.5. The molecule has 0 radical (unpaired) electrons. The smallest absolute Gasteiger partial charge is 0.238 e. The lowest BCUT2D eigenvalue weighted by Gasteiger charge is -2.04. The van der Waals surface area contributed by atoms with E-state index in [0.717, 1.165) is 0 Å². The zero-order valence-electron chi connectivity index (χ0n) is 7.99. The van der Waals surface area contributed by atoms with Crippen LogP contribution >= 0.6 is 0 Å². The van der Waals surface area contributed by atoms with E-state index in [4.69, 9.17) is 10.5 Å². The largest absolute Gasteiger partial charge is 0.478 e. The number of nitrogens with two attached hydrogens (primary N) is 1. The summed E-state index contributed by atoms with van der Waals surface area (Å²) in [6.07, 6.45) is 1.53. The predicted molar refractivity (Wildman–Crippen MR) is 53.1 cm³/mol. The minimum atomic E-state index is -0.240. The Kier molecular flexibility index (Phi) is 3.87. The fraction of sp³-hybridized carbons (Fsp3) is 0.333. The van der Waals surface area contributed by atoms with Gasteiger partial charge in [0.2, 0.25) is 11.8 Å². The molecule has 0 aliphatic heterocycles. The highest BCUT2D eigenvalue weighted by molar-refractivity contribution is 5.91. The molecule has 0 spiro atoms. The summed E-state index contributed by atoms with van der Waals surface area (Å²) < 4.78 is 5.14. The van der Waals surface area contributed by atoms with Crippen molar-refractivity contribution < 1.29 is 9.53 Å². The van der Waals surface area contributed by atoms with E-state index in [-0.39, 0.29) is 12.5 Å². The molecule has 0 aromatic carbocycles. The highest BCUT2D eigenvalue weighted by Gasteiger charge is 1.99. The van der Waals surface area contributed by atoms with Crippen molar-refractivity contribution in [2.45, 2.75) is 6.92 Å².